The number of aryl methyl sites for hydroxylation is 1. The van der Waals surface area contributed by atoms with E-state index in [0.717, 1.165) is 36.9 Å². The summed E-state index contributed by atoms with van der Waals surface area (Å²) in [5.74, 6) is 0.665. The molecule has 2 aromatic rings. The minimum Gasteiger partial charge on any atom is -0.492 e. The van der Waals surface area contributed by atoms with Gasteiger partial charge in [-0.15, -0.1) is 0 Å². The molecule has 2 fully saturated rings. The lowest BCUT2D eigenvalue weighted by Gasteiger charge is -2.36. The number of benzene rings is 2. The molecule has 2 aromatic carbocycles. The first-order valence-electron chi connectivity index (χ1n) is 12.5. The van der Waals surface area contributed by atoms with Crippen LogP contribution in [0.2, 0.25) is 0 Å². The van der Waals surface area contributed by atoms with Crippen LogP contribution < -0.4 is 9.04 Å². The molecule has 2 heterocycles. The summed E-state index contributed by atoms with van der Waals surface area (Å²) in [5, 5.41) is 0. The Kier molecular flexibility index (Phi) is 6.77. The van der Waals surface area contributed by atoms with E-state index in [0.29, 0.717) is 37.4 Å². The number of hydrogen-bond acceptors (Lipinski definition) is 6. The Balaban J connectivity index is 1.46. The summed E-state index contributed by atoms with van der Waals surface area (Å²) in [4.78, 5) is 12.6. The molecule has 3 aliphatic rings. The second-order valence-electron chi connectivity index (χ2n) is 9.87. The van der Waals surface area contributed by atoms with Crippen molar-refractivity contribution in [2.45, 2.75) is 62.3 Å². The van der Waals surface area contributed by atoms with E-state index < -0.39 is 16.0 Å². The predicted octanol–water partition coefficient (Wildman–Crippen LogP) is 4.69. The Morgan fingerprint density at radius 2 is 1.83 bits per heavy atom. The van der Waals surface area contributed by atoms with Gasteiger partial charge in [0, 0.05) is 19.3 Å². The Morgan fingerprint density at radius 1 is 1.06 bits per heavy atom. The topological polar surface area (TPSA) is 82.1 Å². The van der Waals surface area contributed by atoms with E-state index in [1.807, 2.05) is 13.0 Å². The molecule has 1 saturated carbocycles. The van der Waals surface area contributed by atoms with Crippen LogP contribution >= 0.6 is 0 Å². The van der Waals surface area contributed by atoms with Crippen molar-refractivity contribution in [1.29, 1.82) is 0 Å². The number of hydrogen-bond donors (Lipinski definition) is 0. The van der Waals surface area contributed by atoms with Crippen molar-refractivity contribution in [1.82, 2.24) is 0 Å². The summed E-state index contributed by atoms with van der Waals surface area (Å²) >= 11 is 0. The van der Waals surface area contributed by atoms with Gasteiger partial charge in [-0.2, -0.15) is 0 Å². The van der Waals surface area contributed by atoms with Crippen LogP contribution in [0, 0.1) is 5.92 Å². The molecule has 188 valence electrons. The van der Waals surface area contributed by atoms with Gasteiger partial charge in [0.15, 0.2) is 0 Å². The van der Waals surface area contributed by atoms with Crippen molar-refractivity contribution in [3.8, 4) is 5.75 Å². The molecule has 0 aromatic heterocycles. The molecule has 1 saturated heterocycles. The van der Waals surface area contributed by atoms with Crippen LogP contribution in [0.15, 0.2) is 41.3 Å². The molecule has 0 amide bonds. The summed E-state index contributed by atoms with van der Waals surface area (Å²) in [6, 6.07) is 10.5. The Morgan fingerprint density at radius 3 is 2.54 bits per heavy atom. The Labute approximate surface area is 207 Å². The lowest BCUT2D eigenvalue weighted by atomic mass is 9.96. The van der Waals surface area contributed by atoms with Gasteiger partial charge in [0.1, 0.15) is 11.3 Å². The molecule has 0 spiro atoms. The van der Waals surface area contributed by atoms with E-state index in [9.17, 15) is 13.2 Å². The van der Waals surface area contributed by atoms with Crippen LogP contribution in [0.25, 0.3) is 0 Å². The van der Waals surface area contributed by atoms with E-state index in [1.54, 1.807) is 6.07 Å². The highest BCUT2D eigenvalue weighted by atomic mass is 32.2. The number of esters is 1. The number of ether oxygens (including phenoxy) is 3. The molecular formula is C27H33NO6S. The van der Waals surface area contributed by atoms with Crippen LogP contribution in [-0.2, 0) is 25.9 Å². The van der Waals surface area contributed by atoms with Gasteiger partial charge >= 0.3 is 5.97 Å². The van der Waals surface area contributed by atoms with Crippen LogP contribution in [0.3, 0.4) is 0 Å². The standard InChI is InChI=1S/C27H33NO6S/c1-18-3-4-22-15-21(20-5-6-20)7-9-25(22)28(18)35(30,31)23-8-10-26(24(16-23)27(29)32-2)34-17-19-11-13-33-14-12-19/h7-10,15-16,18-20H,3-6,11-14,17H2,1-2H3. The largest absolute Gasteiger partial charge is 0.492 e. The molecule has 7 nitrogen and oxygen atoms in total. The zero-order chi connectivity index (χ0) is 24.6. The Bertz CT molecular complexity index is 1200. The average molecular weight is 500 g/mol. The molecule has 8 heteroatoms. The summed E-state index contributed by atoms with van der Waals surface area (Å²) in [6.45, 7) is 3.78. The van der Waals surface area contributed by atoms with Gasteiger partial charge < -0.3 is 14.2 Å². The second-order valence-corrected chi connectivity index (χ2v) is 11.7. The predicted molar refractivity (Wildman–Crippen MR) is 133 cm³/mol. The van der Waals surface area contributed by atoms with Gasteiger partial charge in [0.25, 0.3) is 10.0 Å². The number of carbonyl (C=O) groups excluding carboxylic acids is 1. The van der Waals surface area contributed by atoms with Gasteiger partial charge in [-0.25, -0.2) is 13.2 Å². The first-order chi connectivity index (χ1) is 16.9. The number of nitrogens with zero attached hydrogens (tertiary/aromatic N) is 1. The van der Waals surface area contributed by atoms with Gasteiger partial charge in [-0.3, -0.25) is 4.31 Å². The fourth-order valence-electron chi connectivity index (χ4n) is 5.08. The molecule has 35 heavy (non-hydrogen) atoms. The van der Waals surface area contributed by atoms with Crippen molar-refractivity contribution in [3.05, 3.63) is 53.1 Å². The second kappa shape index (κ2) is 9.82. The minimum atomic E-state index is -3.91. The quantitative estimate of drug-likeness (QED) is 0.514. The van der Waals surface area contributed by atoms with Gasteiger partial charge in [0.2, 0.25) is 0 Å². The summed E-state index contributed by atoms with van der Waals surface area (Å²) < 4.78 is 45.6. The van der Waals surface area contributed by atoms with E-state index in [-0.39, 0.29) is 16.5 Å². The van der Waals surface area contributed by atoms with Crippen LogP contribution in [0.1, 0.15) is 66.4 Å². The highest BCUT2D eigenvalue weighted by molar-refractivity contribution is 7.92. The monoisotopic (exact) mass is 499 g/mol. The third-order valence-electron chi connectivity index (χ3n) is 7.35. The molecule has 0 N–H and O–H groups in total. The molecule has 1 aliphatic carbocycles. The van der Waals surface area contributed by atoms with Gasteiger partial charge in [-0.1, -0.05) is 12.1 Å². The highest BCUT2D eigenvalue weighted by Gasteiger charge is 2.35. The minimum absolute atomic E-state index is 0.0577. The van der Waals surface area contributed by atoms with E-state index >= 15 is 0 Å². The average Bonchev–Trinajstić information content (AvgIpc) is 3.72. The molecule has 2 aliphatic heterocycles. The molecule has 0 bridgehead atoms. The number of anilines is 1. The highest BCUT2D eigenvalue weighted by Crippen LogP contribution is 2.43. The number of carbonyl (C=O) groups is 1. The summed E-state index contributed by atoms with van der Waals surface area (Å²) in [6.07, 6.45) is 5.81. The van der Waals surface area contributed by atoms with Crippen molar-refractivity contribution in [2.75, 3.05) is 31.2 Å². The normalized spacial score (nSPS) is 20.9. The zero-order valence-electron chi connectivity index (χ0n) is 20.4. The maximum absolute atomic E-state index is 13.9. The maximum Gasteiger partial charge on any atom is 0.341 e. The van der Waals surface area contributed by atoms with Gasteiger partial charge in [0.05, 0.1) is 24.3 Å². The summed E-state index contributed by atoms with van der Waals surface area (Å²) in [5.41, 5.74) is 3.22. The first-order valence-corrected chi connectivity index (χ1v) is 13.9. The van der Waals surface area contributed by atoms with Crippen LogP contribution in [0.5, 0.6) is 5.75 Å². The number of rotatable bonds is 7. The molecular weight excluding hydrogens is 466 g/mol. The third-order valence-corrected chi connectivity index (χ3v) is 9.27. The fourth-order valence-corrected chi connectivity index (χ4v) is 6.83. The molecule has 5 rings (SSSR count). The lowest BCUT2D eigenvalue weighted by molar-refractivity contribution is 0.0483. The third kappa shape index (κ3) is 4.91. The molecule has 0 radical (unpaired) electrons. The van der Waals surface area contributed by atoms with Crippen molar-refractivity contribution < 1.29 is 27.4 Å². The lowest BCUT2D eigenvalue weighted by Crippen LogP contribution is -2.42. The van der Waals surface area contributed by atoms with Crippen LogP contribution in [-0.4, -0.2) is 47.4 Å². The number of methoxy groups -OCH3 is 1. The maximum atomic E-state index is 13.9. The smallest absolute Gasteiger partial charge is 0.341 e. The number of fused-ring (bicyclic) bond motifs is 1. The SMILES string of the molecule is COC(=O)c1cc(S(=O)(=O)N2c3ccc(C4CC4)cc3CCC2C)ccc1OCC1CCOCC1. The fraction of sp³-hybridized carbons (Fsp3) is 0.519. The number of sulfonamides is 1. The summed E-state index contributed by atoms with van der Waals surface area (Å²) in [7, 11) is -2.62. The Hall–Kier alpha value is -2.58. The van der Waals surface area contributed by atoms with Crippen molar-refractivity contribution >= 4 is 21.7 Å². The van der Waals surface area contributed by atoms with Crippen molar-refractivity contribution in [3.63, 3.8) is 0 Å². The van der Waals surface area contributed by atoms with E-state index in [1.165, 1.54) is 42.0 Å². The van der Waals surface area contributed by atoms with Crippen LogP contribution in [0.4, 0.5) is 5.69 Å². The van der Waals surface area contributed by atoms with E-state index in [2.05, 4.69) is 12.1 Å². The zero-order valence-corrected chi connectivity index (χ0v) is 21.2. The van der Waals surface area contributed by atoms with Crippen molar-refractivity contribution in [2.24, 2.45) is 5.92 Å². The molecule has 1 unspecified atom stereocenters. The first kappa shape index (κ1) is 24.1. The van der Waals surface area contributed by atoms with Gasteiger partial charge in [-0.05, 0) is 92.7 Å². The molecule has 1 atom stereocenters. The van der Waals surface area contributed by atoms with E-state index in [4.69, 9.17) is 14.2 Å².